The van der Waals surface area contributed by atoms with E-state index in [9.17, 15) is 29.4 Å². The summed E-state index contributed by atoms with van der Waals surface area (Å²) >= 11 is 5.83. The highest BCUT2D eigenvalue weighted by atomic mass is 35.5. The number of methoxy groups -OCH3 is 4. The van der Waals surface area contributed by atoms with Crippen molar-refractivity contribution in [2.75, 3.05) is 51.7 Å². The van der Waals surface area contributed by atoms with E-state index < -0.39 is 23.9 Å². The number of aromatic nitrogens is 6. The minimum Gasteiger partial charge on any atom is -0.505 e. The van der Waals surface area contributed by atoms with Crippen LogP contribution in [0, 0.1) is 13.8 Å². The maximum atomic E-state index is 12.2. The van der Waals surface area contributed by atoms with Gasteiger partial charge in [-0.15, -0.1) is 41.6 Å². The van der Waals surface area contributed by atoms with Crippen LogP contribution in [-0.4, -0.2) is 106 Å². The normalized spacial score (nSPS) is 10.6. The number of benzene rings is 6. The van der Waals surface area contributed by atoms with Gasteiger partial charge in [0, 0.05) is 42.1 Å². The number of rotatable bonds is 13. The first-order valence-corrected chi connectivity index (χ1v) is 22.7. The van der Waals surface area contributed by atoms with E-state index in [-0.39, 0.29) is 28.5 Å². The van der Waals surface area contributed by atoms with Gasteiger partial charge >= 0.3 is 23.9 Å². The van der Waals surface area contributed by atoms with E-state index in [1.165, 1.54) is 50.2 Å². The summed E-state index contributed by atoms with van der Waals surface area (Å²) in [6, 6.07) is 31.9. The van der Waals surface area contributed by atoms with Crippen molar-refractivity contribution in [2.24, 2.45) is 0 Å². The number of hydrogen-bond acceptors (Lipinski definition) is 16. The van der Waals surface area contributed by atoms with Gasteiger partial charge in [-0.25, -0.2) is 19.2 Å². The van der Waals surface area contributed by atoms with E-state index in [0.717, 1.165) is 33.2 Å². The topological polar surface area (TPSA) is 222 Å². The minimum atomic E-state index is -0.564. The third-order valence-corrected chi connectivity index (χ3v) is 11.1. The zero-order valence-corrected chi connectivity index (χ0v) is 41.1. The highest BCUT2D eigenvalue weighted by Crippen LogP contribution is 2.32. The van der Waals surface area contributed by atoms with Crippen molar-refractivity contribution in [3.05, 3.63) is 154 Å². The van der Waals surface area contributed by atoms with Crippen LogP contribution in [0.3, 0.4) is 0 Å². The lowest BCUT2D eigenvalue weighted by Gasteiger charge is -2.25. The molecule has 0 fully saturated rings. The molecule has 0 bridgehead atoms. The first-order valence-electron chi connectivity index (χ1n) is 22.1. The summed E-state index contributed by atoms with van der Waals surface area (Å²) in [7, 11) is 5.15. The number of esters is 4. The predicted octanol–water partition coefficient (Wildman–Crippen LogP) is 8.90. The van der Waals surface area contributed by atoms with Crippen molar-refractivity contribution in [3.8, 4) is 22.9 Å². The predicted molar refractivity (Wildman–Crippen MR) is 269 cm³/mol. The van der Waals surface area contributed by atoms with Crippen LogP contribution in [0.4, 0.5) is 11.4 Å². The van der Waals surface area contributed by atoms with Crippen molar-refractivity contribution in [1.29, 1.82) is 0 Å². The number of carbonyl (C=O) groups is 4. The van der Waals surface area contributed by atoms with Crippen LogP contribution < -0.4 is 10.2 Å². The van der Waals surface area contributed by atoms with Gasteiger partial charge in [-0.3, -0.25) is 0 Å². The molecule has 0 saturated heterocycles. The molecule has 0 aliphatic heterocycles. The summed E-state index contributed by atoms with van der Waals surface area (Å²) in [4.78, 5) is 52.1. The summed E-state index contributed by atoms with van der Waals surface area (Å²) in [5, 5.41) is 42.1. The standard InChI is InChI=1S/C26H26N4O5.C14H12ClN3O.C12H15NO4/c1-5-29(20-13-17(25(32)34-3)12-18(14-20)26(33)35-4)15-19-10-16(2)11-23(24(19)31)30-27-21-8-6-7-9-22(21)28-30;1-9-6-10(8-15)14(19)13(7-9)18-16-11-4-2-3-5-12(11)17-18;1-4-13-10-6-8(11(14)16-2)5-9(7-10)12(15)17-3/h6-14,31H,5,15H2,1-4H3;2-7,19H,8H2,1H3;5-7,13H,4H2,1-3H3. The Kier molecular flexibility index (Phi) is 17.3. The quantitative estimate of drug-likeness (QED) is 0.0557. The lowest BCUT2D eigenvalue weighted by atomic mass is 10.1. The summed E-state index contributed by atoms with van der Waals surface area (Å²) < 4.78 is 18.9. The Morgan fingerprint density at radius 1 is 0.563 bits per heavy atom. The Bertz CT molecular complexity index is 3090. The van der Waals surface area contributed by atoms with Crippen molar-refractivity contribution < 1.29 is 48.3 Å². The molecule has 0 radical (unpaired) electrons. The van der Waals surface area contributed by atoms with Gasteiger partial charge in [-0.2, -0.15) is 0 Å². The summed E-state index contributed by atoms with van der Waals surface area (Å²) in [6.07, 6.45) is 0. The highest BCUT2D eigenvalue weighted by Gasteiger charge is 2.20. The Morgan fingerprint density at radius 2 is 0.930 bits per heavy atom. The van der Waals surface area contributed by atoms with Gasteiger partial charge < -0.3 is 39.4 Å². The molecular weight excluding hydrogens is 932 g/mol. The second-order valence-corrected chi connectivity index (χ2v) is 16.0. The molecule has 71 heavy (non-hydrogen) atoms. The van der Waals surface area contributed by atoms with Crippen LogP contribution in [0.5, 0.6) is 11.5 Å². The Balaban J connectivity index is 0.000000193. The molecule has 0 unspecified atom stereocenters. The molecule has 0 atom stereocenters. The van der Waals surface area contributed by atoms with Gasteiger partial charge in [0.15, 0.2) is 0 Å². The smallest absolute Gasteiger partial charge is 0.337 e. The largest absolute Gasteiger partial charge is 0.505 e. The monoisotopic (exact) mass is 984 g/mol. The molecule has 2 aromatic heterocycles. The van der Waals surface area contributed by atoms with Crippen molar-refractivity contribution in [1.82, 2.24) is 30.0 Å². The maximum absolute atomic E-state index is 12.2. The number of aryl methyl sites for hydroxylation is 2. The average Bonchev–Trinajstić information content (AvgIpc) is 4.03. The fourth-order valence-electron chi connectivity index (χ4n) is 7.39. The molecule has 0 aliphatic carbocycles. The number of hydrogen-bond donors (Lipinski definition) is 3. The van der Waals surface area contributed by atoms with E-state index in [1.54, 1.807) is 24.3 Å². The number of anilines is 2. The number of alkyl halides is 1. The van der Waals surface area contributed by atoms with Crippen LogP contribution in [0.2, 0.25) is 0 Å². The zero-order valence-electron chi connectivity index (χ0n) is 40.4. The molecule has 0 saturated carbocycles. The van der Waals surface area contributed by atoms with Crippen LogP contribution in [0.1, 0.15) is 77.5 Å². The first-order chi connectivity index (χ1) is 34.1. The number of nitrogens with zero attached hydrogens (tertiary/aromatic N) is 7. The fraction of sp³-hybridized carbons (Fsp3) is 0.231. The van der Waals surface area contributed by atoms with E-state index in [1.807, 2.05) is 105 Å². The Hall–Kier alpha value is -8.51. The van der Waals surface area contributed by atoms with E-state index in [4.69, 9.17) is 21.1 Å². The second kappa shape index (κ2) is 23.7. The SMILES string of the molecule is CCN(Cc1cc(C)cc(-n2nc3ccccc3n2)c1O)c1cc(C(=O)OC)cc(C(=O)OC)c1.CCNc1cc(C(=O)OC)cc(C(=O)OC)c1.Cc1cc(CCl)c(O)c(-n2nc3ccccc3n2)c1. The average molecular weight is 985 g/mol. The van der Waals surface area contributed by atoms with Gasteiger partial charge in [0.05, 0.1) is 56.6 Å². The first kappa shape index (κ1) is 51.9. The molecular formula is C52H53ClN8O10. The maximum Gasteiger partial charge on any atom is 0.337 e. The van der Waals surface area contributed by atoms with Gasteiger partial charge in [-0.1, -0.05) is 36.4 Å². The molecule has 18 nitrogen and oxygen atoms in total. The van der Waals surface area contributed by atoms with E-state index >= 15 is 0 Å². The fourth-order valence-corrected chi connectivity index (χ4v) is 7.59. The summed E-state index contributed by atoms with van der Waals surface area (Å²) in [6.45, 7) is 9.27. The van der Waals surface area contributed by atoms with Crippen LogP contribution in [0.25, 0.3) is 33.4 Å². The van der Waals surface area contributed by atoms with Gasteiger partial charge in [0.1, 0.15) is 44.9 Å². The molecule has 0 amide bonds. The number of fused-ring (bicyclic) bond motifs is 2. The molecule has 8 aromatic rings. The Labute approximate surface area is 414 Å². The molecule has 368 valence electrons. The van der Waals surface area contributed by atoms with Gasteiger partial charge in [-0.05, 0) is 112 Å². The molecule has 6 aromatic carbocycles. The zero-order chi connectivity index (χ0) is 51.4. The summed E-state index contributed by atoms with van der Waals surface area (Å²) in [5.41, 5.74) is 9.65. The van der Waals surface area contributed by atoms with Crippen molar-refractivity contribution in [3.63, 3.8) is 0 Å². The third-order valence-electron chi connectivity index (χ3n) is 10.8. The number of halogens is 1. The minimum absolute atomic E-state index is 0.0478. The van der Waals surface area contributed by atoms with Crippen molar-refractivity contribution in [2.45, 2.75) is 40.1 Å². The molecule has 0 spiro atoms. The molecule has 0 aliphatic rings. The van der Waals surface area contributed by atoms with Crippen LogP contribution >= 0.6 is 11.6 Å². The van der Waals surface area contributed by atoms with Crippen molar-refractivity contribution >= 4 is 68.9 Å². The summed E-state index contributed by atoms with van der Waals surface area (Å²) in [5.74, 6) is -1.69. The molecule has 19 heteroatoms. The van der Waals surface area contributed by atoms with Crippen LogP contribution in [-0.2, 0) is 31.4 Å². The van der Waals surface area contributed by atoms with Crippen LogP contribution in [0.15, 0.2) is 109 Å². The van der Waals surface area contributed by atoms with Gasteiger partial charge in [0.2, 0.25) is 0 Å². The van der Waals surface area contributed by atoms with E-state index in [2.05, 4.69) is 35.2 Å². The lowest BCUT2D eigenvalue weighted by molar-refractivity contribution is 0.0581. The Morgan fingerprint density at radius 3 is 1.28 bits per heavy atom. The lowest BCUT2D eigenvalue weighted by Crippen LogP contribution is -2.23. The van der Waals surface area contributed by atoms with E-state index in [0.29, 0.717) is 64.6 Å². The molecule has 3 N–H and O–H groups in total. The van der Waals surface area contributed by atoms with Gasteiger partial charge in [0.25, 0.3) is 0 Å². The number of phenols is 2. The number of carbonyl (C=O) groups excluding carboxylic acids is 4. The number of aromatic hydroxyl groups is 2. The number of phenolic OH excluding ortho intramolecular Hbond substituents is 2. The molecule has 8 rings (SSSR count). The molecule has 2 heterocycles. The highest BCUT2D eigenvalue weighted by molar-refractivity contribution is 6.17. The second-order valence-electron chi connectivity index (χ2n) is 15.8. The third kappa shape index (κ3) is 12.4. The number of ether oxygens (including phenoxy) is 4. The number of nitrogens with one attached hydrogen (secondary N) is 1.